The van der Waals surface area contributed by atoms with Crippen molar-refractivity contribution in [3.63, 3.8) is 0 Å². The fourth-order valence-electron chi connectivity index (χ4n) is 6.60. The third-order valence-electron chi connectivity index (χ3n) is 8.83. The standard InChI is InChI=1S/C34H50O8S/c1-2-36-32(35)24-43-23-25-14-16-28-29(31(20-30(28)40-21-25)42-34-13-7-9-19-38-34)17-15-27(41-33-12-6-8-18-37-33)22-39-26-10-4-3-5-11-26/h3-5,10-11,15,17,25,27-31,33-34H,2,6-9,12-14,16,18-24H2,1H3/b17-15+/t25-,27+,28+,29+,30-,31+,33?,34?/m0/s1. The molecule has 240 valence electrons. The molecule has 2 unspecified atom stereocenters. The molecule has 0 aromatic heterocycles. The van der Waals surface area contributed by atoms with Crippen molar-refractivity contribution in [1.29, 1.82) is 0 Å². The smallest absolute Gasteiger partial charge is 0.315 e. The topological polar surface area (TPSA) is 81.7 Å². The van der Waals surface area contributed by atoms with Crippen molar-refractivity contribution in [3.8, 4) is 5.75 Å². The number of carbonyl (C=O) groups is 1. The minimum atomic E-state index is -0.243. The molecule has 0 spiro atoms. The van der Waals surface area contributed by atoms with E-state index in [1.165, 1.54) is 0 Å². The highest BCUT2D eigenvalue weighted by Crippen LogP contribution is 2.44. The van der Waals surface area contributed by atoms with Crippen molar-refractivity contribution >= 4 is 17.7 Å². The van der Waals surface area contributed by atoms with E-state index in [0.717, 1.165) is 89.1 Å². The summed E-state index contributed by atoms with van der Waals surface area (Å²) in [5.41, 5.74) is 0. The van der Waals surface area contributed by atoms with E-state index in [2.05, 4.69) is 12.2 Å². The minimum absolute atomic E-state index is 0.0331. The maximum absolute atomic E-state index is 11.8. The Balaban J connectivity index is 1.25. The summed E-state index contributed by atoms with van der Waals surface area (Å²) in [4.78, 5) is 11.8. The average Bonchev–Trinajstić information content (AvgIpc) is 3.23. The summed E-state index contributed by atoms with van der Waals surface area (Å²) >= 11 is 1.65. The maximum atomic E-state index is 11.8. The van der Waals surface area contributed by atoms with Crippen LogP contribution in [0.3, 0.4) is 0 Å². The van der Waals surface area contributed by atoms with E-state index in [4.69, 9.17) is 33.2 Å². The Hall–Kier alpha value is -1.62. The number of esters is 1. The van der Waals surface area contributed by atoms with Crippen LogP contribution in [0.5, 0.6) is 5.75 Å². The van der Waals surface area contributed by atoms with Crippen molar-refractivity contribution in [2.45, 2.75) is 95.6 Å². The second-order valence-electron chi connectivity index (χ2n) is 12.1. The Bertz CT molecular complexity index is 964. The molecule has 0 amide bonds. The second kappa shape index (κ2) is 17.8. The van der Waals surface area contributed by atoms with Crippen LogP contribution in [-0.2, 0) is 33.2 Å². The fourth-order valence-corrected chi connectivity index (χ4v) is 7.56. The van der Waals surface area contributed by atoms with Gasteiger partial charge in [-0.3, -0.25) is 4.79 Å². The molecule has 1 aromatic carbocycles. The zero-order chi connectivity index (χ0) is 29.7. The first-order valence-corrected chi connectivity index (χ1v) is 17.6. The van der Waals surface area contributed by atoms with Gasteiger partial charge in [0, 0.05) is 25.6 Å². The zero-order valence-electron chi connectivity index (χ0n) is 25.6. The molecule has 0 N–H and O–H groups in total. The van der Waals surface area contributed by atoms with Crippen LogP contribution < -0.4 is 4.74 Å². The first kappa shape index (κ1) is 32.8. The van der Waals surface area contributed by atoms with Crippen molar-refractivity contribution in [2.24, 2.45) is 17.8 Å². The number of para-hydroxylation sites is 1. The fraction of sp³-hybridized carbons (Fsp3) is 0.735. The van der Waals surface area contributed by atoms with Crippen LogP contribution in [0.25, 0.3) is 0 Å². The first-order chi connectivity index (χ1) is 21.2. The summed E-state index contributed by atoms with van der Waals surface area (Å²) < 4.78 is 42.8. The lowest BCUT2D eigenvalue weighted by atomic mass is 9.87. The van der Waals surface area contributed by atoms with Gasteiger partial charge in [-0.05, 0) is 88.0 Å². The number of rotatable bonds is 14. The molecule has 1 aromatic rings. The quantitative estimate of drug-likeness (QED) is 0.180. The van der Waals surface area contributed by atoms with Gasteiger partial charge >= 0.3 is 5.97 Å². The van der Waals surface area contributed by atoms with Gasteiger partial charge in [0.05, 0.1) is 31.2 Å². The van der Waals surface area contributed by atoms with E-state index >= 15 is 0 Å². The number of carbonyl (C=O) groups excluding carboxylic acids is 1. The van der Waals surface area contributed by atoms with Gasteiger partial charge in [0.15, 0.2) is 12.6 Å². The summed E-state index contributed by atoms with van der Waals surface area (Å²) in [6, 6.07) is 9.89. The van der Waals surface area contributed by atoms with Gasteiger partial charge in [0.25, 0.3) is 0 Å². The monoisotopic (exact) mass is 618 g/mol. The van der Waals surface area contributed by atoms with Crippen molar-refractivity contribution in [1.82, 2.24) is 0 Å². The van der Waals surface area contributed by atoms with Crippen LogP contribution in [-0.4, -0.2) is 81.4 Å². The SMILES string of the molecule is CCOC(=O)CSC[C@H]1CC[C@@H]2[C@@H](/C=C/[C@H](COc3ccccc3)OC3CCCCO3)[C@H](OC3CCCCO3)C[C@@H]2OC1. The molecular weight excluding hydrogens is 568 g/mol. The van der Waals surface area contributed by atoms with Crippen molar-refractivity contribution < 1.29 is 38.0 Å². The molecule has 4 aliphatic rings. The van der Waals surface area contributed by atoms with Crippen LogP contribution in [0, 0.1) is 17.8 Å². The first-order valence-electron chi connectivity index (χ1n) is 16.4. The van der Waals surface area contributed by atoms with E-state index in [1.807, 2.05) is 37.3 Å². The predicted octanol–water partition coefficient (Wildman–Crippen LogP) is 6.17. The molecule has 3 aliphatic heterocycles. The number of fused-ring (bicyclic) bond motifs is 1. The second-order valence-corrected chi connectivity index (χ2v) is 13.1. The van der Waals surface area contributed by atoms with Gasteiger partial charge in [-0.2, -0.15) is 0 Å². The van der Waals surface area contributed by atoms with Crippen molar-refractivity contribution in [2.75, 3.05) is 44.5 Å². The number of hydrogen-bond donors (Lipinski definition) is 0. The number of benzene rings is 1. The minimum Gasteiger partial charge on any atom is -0.491 e. The molecule has 1 saturated carbocycles. The lowest BCUT2D eigenvalue weighted by Crippen LogP contribution is -2.32. The summed E-state index contributed by atoms with van der Waals surface area (Å²) in [5.74, 6) is 2.97. The Labute approximate surface area is 261 Å². The molecule has 1 aliphatic carbocycles. The van der Waals surface area contributed by atoms with Crippen molar-refractivity contribution in [3.05, 3.63) is 42.5 Å². The van der Waals surface area contributed by atoms with E-state index in [9.17, 15) is 4.79 Å². The normalized spacial score (nSPS) is 32.2. The lowest BCUT2D eigenvalue weighted by molar-refractivity contribution is -0.193. The Morgan fingerprint density at radius 1 is 1.00 bits per heavy atom. The number of thioether (sulfide) groups is 1. The van der Waals surface area contributed by atoms with E-state index in [1.54, 1.807) is 11.8 Å². The summed E-state index contributed by atoms with van der Waals surface area (Å²) in [6.45, 7) is 4.90. The maximum Gasteiger partial charge on any atom is 0.315 e. The third kappa shape index (κ3) is 10.5. The van der Waals surface area contributed by atoms with Gasteiger partial charge in [-0.25, -0.2) is 0 Å². The van der Waals surface area contributed by atoms with Gasteiger partial charge in [0.2, 0.25) is 0 Å². The summed E-state index contributed by atoms with van der Waals surface area (Å²) in [5, 5.41) is 0. The lowest BCUT2D eigenvalue weighted by Gasteiger charge is -2.30. The Morgan fingerprint density at radius 3 is 2.53 bits per heavy atom. The summed E-state index contributed by atoms with van der Waals surface area (Å²) in [7, 11) is 0. The molecule has 3 heterocycles. The molecule has 0 radical (unpaired) electrons. The molecule has 3 saturated heterocycles. The molecule has 8 atom stereocenters. The van der Waals surface area contributed by atoms with Gasteiger partial charge in [0.1, 0.15) is 18.5 Å². The van der Waals surface area contributed by atoms with E-state index < -0.39 is 0 Å². The van der Waals surface area contributed by atoms with Crippen LogP contribution >= 0.6 is 11.8 Å². The van der Waals surface area contributed by atoms with Crippen LogP contribution in [0.1, 0.15) is 64.7 Å². The highest BCUT2D eigenvalue weighted by molar-refractivity contribution is 7.99. The average molecular weight is 619 g/mol. The molecule has 9 heteroatoms. The molecule has 5 rings (SSSR count). The van der Waals surface area contributed by atoms with Gasteiger partial charge in [-0.15, -0.1) is 11.8 Å². The highest BCUT2D eigenvalue weighted by atomic mass is 32.2. The van der Waals surface area contributed by atoms with Gasteiger partial charge < -0.3 is 33.2 Å². The summed E-state index contributed by atoms with van der Waals surface area (Å²) in [6.07, 6.45) is 13.3. The van der Waals surface area contributed by atoms with E-state index in [0.29, 0.717) is 30.8 Å². The molecule has 0 bridgehead atoms. The highest BCUT2D eigenvalue weighted by Gasteiger charge is 2.45. The van der Waals surface area contributed by atoms with Crippen LogP contribution in [0.2, 0.25) is 0 Å². The van der Waals surface area contributed by atoms with Crippen LogP contribution in [0.15, 0.2) is 42.5 Å². The zero-order valence-corrected chi connectivity index (χ0v) is 26.5. The third-order valence-corrected chi connectivity index (χ3v) is 9.98. The Morgan fingerprint density at radius 2 is 1.79 bits per heavy atom. The molecule has 43 heavy (non-hydrogen) atoms. The number of hydrogen-bond acceptors (Lipinski definition) is 9. The Kier molecular flexibility index (Phi) is 13.5. The number of ether oxygens (including phenoxy) is 7. The predicted molar refractivity (Wildman–Crippen MR) is 166 cm³/mol. The van der Waals surface area contributed by atoms with Crippen LogP contribution in [0.4, 0.5) is 0 Å². The molecular formula is C34H50O8S. The molecule has 8 nitrogen and oxygen atoms in total. The largest absolute Gasteiger partial charge is 0.491 e. The van der Waals surface area contributed by atoms with E-state index in [-0.39, 0.29) is 42.8 Å². The van der Waals surface area contributed by atoms with Gasteiger partial charge in [-0.1, -0.05) is 30.4 Å². The molecule has 4 fully saturated rings.